The number of aromatic nitrogens is 2. The van der Waals surface area contributed by atoms with Crippen molar-refractivity contribution in [2.75, 3.05) is 13.6 Å². The Labute approximate surface area is 198 Å². The van der Waals surface area contributed by atoms with Crippen molar-refractivity contribution in [2.24, 2.45) is 23.9 Å². The smallest absolute Gasteiger partial charge is 0.138 e. The molecule has 1 aromatic carbocycles. The Hall–Kier alpha value is -2.91. The standard InChI is InChI=1S/C27H38N6/c1-7-8-24-25-26(33(6)32-24)20(4)30-27(31-25)23-17-21(10-9-19(23)3)11-12-22(14-16-29-5)18(2)13-15-28/h9-10,17-18,22,29H,4,7-8,11-14,16H2,1-3,5-6H3,(H,30,31). The van der Waals surface area contributed by atoms with Crippen molar-refractivity contribution in [3.63, 3.8) is 0 Å². The highest BCUT2D eigenvalue weighted by atomic mass is 15.3. The second kappa shape index (κ2) is 11.3. The summed E-state index contributed by atoms with van der Waals surface area (Å²) in [4.78, 5) is 5.01. The zero-order valence-corrected chi connectivity index (χ0v) is 20.8. The number of nitrogens with one attached hydrogen (secondary N) is 2. The molecule has 0 aliphatic carbocycles. The van der Waals surface area contributed by atoms with E-state index in [0.717, 1.165) is 72.8 Å². The molecule has 0 saturated heterocycles. The third-order valence-corrected chi connectivity index (χ3v) is 6.70. The molecule has 0 amide bonds. The van der Waals surface area contributed by atoms with E-state index in [1.165, 1.54) is 11.1 Å². The number of hydrogen-bond donors (Lipinski definition) is 2. The number of hydrogen-bond acceptors (Lipinski definition) is 5. The van der Waals surface area contributed by atoms with Crippen LogP contribution in [0.25, 0.3) is 5.70 Å². The van der Waals surface area contributed by atoms with E-state index >= 15 is 0 Å². The monoisotopic (exact) mass is 446 g/mol. The van der Waals surface area contributed by atoms with Gasteiger partial charge in [0.2, 0.25) is 0 Å². The quantitative estimate of drug-likeness (QED) is 0.507. The molecule has 2 N–H and O–H groups in total. The van der Waals surface area contributed by atoms with Crippen LogP contribution in [-0.4, -0.2) is 29.2 Å². The van der Waals surface area contributed by atoms with Gasteiger partial charge in [0.1, 0.15) is 17.2 Å². The number of rotatable bonds is 11. The molecule has 1 aliphatic rings. The van der Waals surface area contributed by atoms with Crippen LogP contribution >= 0.6 is 0 Å². The van der Waals surface area contributed by atoms with Crippen molar-refractivity contribution in [1.29, 1.82) is 5.26 Å². The average molecular weight is 447 g/mol. The van der Waals surface area contributed by atoms with Crippen LogP contribution in [0.15, 0.2) is 29.8 Å². The lowest BCUT2D eigenvalue weighted by molar-refractivity contribution is 0.317. The molecular weight excluding hydrogens is 408 g/mol. The molecule has 2 aromatic rings. The minimum Gasteiger partial charge on any atom is -0.338 e. The van der Waals surface area contributed by atoms with Gasteiger partial charge in [0.15, 0.2) is 0 Å². The van der Waals surface area contributed by atoms with Crippen LogP contribution in [0.4, 0.5) is 5.69 Å². The number of nitrogens with zero attached hydrogens (tertiary/aromatic N) is 4. The van der Waals surface area contributed by atoms with Gasteiger partial charge in [-0.15, -0.1) is 0 Å². The second-order valence-electron chi connectivity index (χ2n) is 9.26. The first-order valence-electron chi connectivity index (χ1n) is 12.1. The minimum absolute atomic E-state index is 0.405. The zero-order valence-electron chi connectivity index (χ0n) is 20.8. The van der Waals surface area contributed by atoms with E-state index in [9.17, 15) is 0 Å². The third kappa shape index (κ3) is 5.72. The molecule has 6 heteroatoms. The van der Waals surface area contributed by atoms with Gasteiger partial charge in [-0.3, -0.25) is 4.68 Å². The van der Waals surface area contributed by atoms with Crippen LogP contribution in [0.5, 0.6) is 0 Å². The number of benzene rings is 1. The van der Waals surface area contributed by atoms with Gasteiger partial charge in [0.25, 0.3) is 0 Å². The Balaban J connectivity index is 1.86. The molecule has 2 heterocycles. The summed E-state index contributed by atoms with van der Waals surface area (Å²) in [6.07, 6.45) is 5.71. The SMILES string of the molecule is C=C1NC(c2cc(CCC(CCNC)C(C)CC#N)ccc2C)=Nc2c(CCC)nn(C)c21. The van der Waals surface area contributed by atoms with Gasteiger partial charge in [0.05, 0.1) is 17.5 Å². The first-order chi connectivity index (χ1) is 15.9. The Morgan fingerprint density at radius 2 is 2.06 bits per heavy atom. The Kier molecular flexibility index (Phi) is 8.46. The Morgan fingerprint density at radius 3 is 2.76 bits per heavy atom. The van der Waals surface area contributed by atoms with Crippen molar-refractivity contribution in [1.82, 2.24) is 20.4 Å². The van der Waals surface area contributed by atoms with Crippen molar-refractivity contribution >= 4 is 17.2 Å². The summed E-state index contributed by atoms with van der Waals surface area (Å²) in [5.74, 6) is 1.78. The molecule has 1 aliphatic heterocycles. The lowest BCUT2D eigenvalue weighted by atomic mass is 9.84. The van der Waals surface area contributed by atoms with Gasteiger partial charge >= 0.3 is 0 Å². The molecular formula is C27H38N6. The molecule has 0 radical (unpaired) electrons. The highest BCUT2D eigenvalue weighted by molar-refractivity contribution is 6.08. The molecule has 176 valence electrons. The number of aliphatic imine (C=N–C) groups is 1. The van der Waals surface area contributed by atoms with Crippen molar-refractivity contribution in [2.45, 2.75) is 59.3 Å². The van der Waals surface area contributed by atoms with Crippen LogP contribution in [0.3, 0.4) is 0 Å². The zero-order chi connectivity index (χ0) is 24.0. The predicted octanol–water partition coefficient (Wildman–Crippen LogP) is 5.04. The Bertz CT molecular complexity index is 1060. The Morgan fingerprint density at radius 1 is 1.27 bits per heavy atom. The molecule has 3 rings (SSSR count). The van der Waals surface area contributed by atoms with Gasteiger partial charge < -0.3 is 10.6 Å². The maximum absolute atomic E-state index is 9.15. The normalized spacial score (nSPS) is 14.8. The van der Waals surface area contributed by atoms with Gasteiger partial charge in [-0.05, 0) is 75.2 Å². The van der Waals surface area contributed by atoms with E-state index in [1.54, 1.807) is 0 Å². The van der Waals surface area contributed by atoms with Crippen molar-refractivity contribution in [3.8, 4) is 6.07 Å². The van der Waals surface area contributed by atoms with Crippen molar-refractivity contribution < 1.29 is 0 Å². The summed E-state index contributed by atoms with van der Waals surface area (Å²) in [6, 6.07) is 9.02. The van der Waals surface area contributed by atoms with E-state index in [2.05, 4.69) is 67.4 Å². The van der Waals surface area contributed by atoms with E-state index in [1.807, 2.05) is 18.8 Å². The van der Waals surface area contributed by atoms with Crippen LogP contribution in [-0.2, 0) is 19.9 Å². The highest BCUT2D eigenvalue weighted by Crippen LogP contribution is 2.33. The predicted molar refractivity (Wildman–Crippen MR) is 136 cm³/mol. The van der Waals surface area contributed by atoms with Crippen LogP contribution < -0.4 is 10.6 Å². The summed E-state index contributed by atoms with van der Waals surface area (Å²) in [7, 11) is 3.94. The fraction of sp³-hybridized carbons (Fsp3) is 0.519. The summed E-state index contributed by atoms with van der Waals surface area (Å²) < 4.78 is 1.88. The van der Waals surface area contributed by atoms with Crippen LogP contribution in [0, 0.1) is 30.1 Å². The van der Waals surface area contributed by atoms with Gasteiger partial charge in [-0.1, -0.05) is 39.0 Å². The molecule has 2 atom stereocenters. The average Bonchev–Trinajstić information content (AvgIpc) is 3.10. The minimum atomic E-state index is 0.405. The fourth-order valence-corrected chi connectivity index (χ4v) is 4.68. The molecule has 0 spiro atoms. The molecule has 0 saturated carbocycles. The first-order valence-corrected chi connectivity index (χ1v) is 12.1. The lowest BCUT2D eigenvalue weighted by Crippen LogP contribution is -2.27. The first kappa shape index (κ1) is 24.7. The molecule has 6 nitrogen and oxygen atoms in total. The fourth-order valence-electron chi connectivity index (χ4n) is 4.68. The molecule has 33 heavy (non-hydrogen) atoms. The molecule has 0 fully saturated rings. The number of amidine groups is 1. The van der Waals surface area contributed by atoms with Crippen LogP contribution in [0.1, 0.15) is 67.6 Å². The second-order valence-corrected chi connectivity index (χ2v) is 9.26. The van der Waals surface area contributed by atoms with E-state index in [4.69, 9.17) is 10.3 Å². The topological polar surface area (TPSA) is 78.0 Å². The highest BCUT2D eigenvalue weighted by Gasteiger charge is 2.25. The van der Waals surface area contributed by atoms with Gasteiger partial charge in [0, 0.05) is 19.0 Å². The third-order valence-electron chi connectivity index (χ3n) is 6.70. The van der Waals surface area contributed by atoms with Crippen molar-refractivity contribution in [3.05, 3.63) is 52.9 Å². The molecule has 1 aromatic heterocycles. The molecule has 0 bridgehead atoms. The van der Waals surface area contributed by atoms with Gasteiger partial charge in [-0.2, -0.15) is 10.4 Å². The maximum Gasteiger partial charge on any atom is 0.138 e. The maximum atomic E-state index is 9.15. The van der Waals surface area contributed by atoms with E-state index < -0.39 is 0 Å². The number of fused-ring (bicyclic) bond motifs is 1. The summed E-state index contributed by atoms with van der Waals surface area (Å²) in [5.41, 5.74) is 7.39. The number of aryl methyl sites for hydroxylation is 4. The summed E-state index contributed by atoms with van der Waals surface area (Å²) in [5, 5.41) is 20.5. The summed E-state index contributed by atoms with van der Waals surface area (Å²) >= 11 is 0. The van der Waals surface area contributed by atoms with Crippen LogP contribution in [0.2, 0.25) is 0 Å². The lowest BCUT2D eigenvalue weighted by Gasteiger charge is -2.23. The number of nitriles is 1. The van der Waals surface area contributed by atoms with E-state index in [-0.39, 0.29) is 0 Å². The largest absolute Gasteiger partial charge is 0.338 e. The molecule has 2 unspecified atom stereocenters. The van der Waals surface area contributed by atoms with Gasteiger partial charge in [-0.25, -0.2) is 4.99 Å². The summed E-state index contributed by atoms with van der Waals surface area (Å²) in [6.45, 7) is 11.7. The van der Waals surface area contributed by atoms with E-state index in [0.29, 0.717) is 18.3 Å².